The molecule has 31 nitrogen and oxygen atoms in total. The molecular weight excluding hydrogens is 1790 g/mol. The predicted octanol–water partition coefficient (Wildman–Crippen LogP) is 9.78. The number of hydrogen-bond acceptors (Lipinski definition) is 31. The number of carbonyl (C=O) groups excluding carboxylic acids is 4. The Morgan fingerprint density at radius 1 is 0.348 bits per heavy atom. The van der Waals surface area contributed by atoms with E-state index in [9.17, 15) is 54.3 Å². The zero-order valence-electron chi connectivity index (χ0n) is 72.5. The molecule has 0 radical (unpaired) electrons. The van der Waals surface area contributed by atoms with E-state index in [4.69, 9.17) is 45.9 Å². The molecule has 43 heteroatoms. The summed E-state index contributed by atoms with van der Waals surface area (Å²) in [6, 6.07) is 14.7. The van der Waals surface area contributed by atoms with Crippen LogP contribution in [-0.4, -0.2) is 205 Å². The van der Waals surface area contributed by atoms with Gasteiger partial charge in [-0.1, -0.05) is 12.1 Å². The van der Waals surface area contributed by atoms with Gasteiger partial charge in [-0.15, -0.1) is 45.3 Å². The van der Waals surface area contributed by atoms with Crippen LogP contribution >= 0.6 is 45.3 Å². The zero-order chi connectivity index (χ0) is 93.1. The van der Waals surface area contributed by atoms with E-state index in [0.717, 1.165) is 134 Å². The van der Waals surface area contributed by atoms with Gasteiger partial charge in [-0.25, -0.2) is 89.9 Å². The van der Waals surface area contributed by atoms with Gasteiger partial charge in [-0.05, 0) is 175 Å². The van der Waals surface area contributed by atoms with Crippen LogP contribution in [0.2, 0.25) is 0 Å². The molecule has 132 heavy (non-hydrogen) atoms. The molecule has 4 aliphatic heterocycles. The van der Waals surface area contributed by atoms with E-state index in [2.05, 4.69) is 76.1 Å². The zero-order valence-corrected chi connectivity index (χ0v) is 75.8. The number of carbonyl (C=O) groups is 4. The number of nitrogens with two attached hydrogens (primary N) is 8. The Balaban J connectivity index is 0.000000123. The number of anilines is 8. The monoisotopic (exact) mass is 1890 g/mol. The van der Waals surface area contributed by atoms with Crippen molar-refractivity contribution in [3.8, 4) is 0 Å². The fraction of sp³-hybridized carbons (Fsp3) is 0.449. The van der Waals surface area contributed by atoms with Crippen molar-refractivity contribution in [2.45, 2.75) is 179 Å². The Labute approximate surface area is 768 Å². The third-order valence-corrected chi connectivity index (χ3v) is 30.4. The summed E-state index contributed by atoms with van der Waals surface area (Å²) in [7, 11) is 0. The van der Waals surface area contributed by atoms with Crippen LogP contribution in [-0.2, 0) is 51.4 Å². The first-order valence-electron chi connectivity index (χ1n) is 43.7. The van der Waals surface area contributed by atoms with Gasteiger partial charge in [0.2, 0.25) is 49.5 Å². The predicted molar refractivity (Wildman–Crippen MR) is 497 cm³/mol. The normalized spacial score (nSPS) is 22.7. The van der Waals surface area contributed by atoms with Crippen LogP contribution in [0, 0.1) is 51.4 Å². The molecular formula is C89H101F8N27O4S4. The summed E-state index contributed by atoms with van der Waals surface area (Å²) in [6.07, 6.45) is 5.09. The number of pyridine rings is 3. The molecule has 8 aliphatic rings. The van der Waals surface area contributed by atoms with Gasteiger partial charge in [0.15, 0.2) is 0 Å². The standard InChI is InChI=1S/C23H26F2N6OS.3C22H25F2N7OS/c1-11-2-4-14-18(6-11)33-20(19(14)27)22(32)29-13-3-5-17-12(7-13)8-28-23(30-17)31-9-15(21(24)25)16(26)10-31;3*1-10-2-4-13-17(26)18(33-21(13)28-10)20(32)29-12-3-5-16-11(6-12)7-27-22(30-16)31-8-14(19(23)24)15(25)9-31/h2,4,6,8,13,15-16,21H,3,5,7,9-10,26-27H2,1H3,(H,29,32);3*2,4,7,12,14-15,19H,3,5-6,8-9,25-26H2,1H3,(H,29,32)/t13-,15-,16-;2*12-,14+,15+;12-,14-,15-/m1100/s1. The number of fused-ring (bicyclic) bond motifs is 8. The number of nitrogens with one attached hydrogen (secondary N) is 4. The average molecular weight is 1890 g/mol. The van der Waals surface area contributed by atoms with Crippen molar-refractivity contribution in [1.29, 1.82) is 0 Å². The fourth-order valence-electron chi connectivity index (χ4n) is 18.4. The molecule has 696 valence electrons. The van der Waals surface area contributed by atoms with Crippen molar-refractivity contribution in [3.63, 3.8) is 0 Å². The van der Waals surface area contributed by atoms with E-state index in [0.29, 0.717) is 144 Å². The van der Waals surface area contributed by atoms with Crippen LogP contribution in [0.1, 0.15) is 132 Å². The molecule has 0 saturated carbocycles. The quantitative estimate of drug-likeness (QED) is 0.0400. The van der Waals surface area contributed by atoms with Gasteiger partial charge in [0.05, 0.1) is 46.4 Å². The number of halogens is 8. The van der Waals surface area contributed by atoms with Gasteiger partial charge in [0, 0.05) is 192 Å². The molecule has 15 heterocycles. The summed E-state index contributed by atoms with van der Waals surface area (Å²) in [4.78, 5) is 112. The van der Waals surface area contributed by atoms with Crippen LogP contribution in [0.25, 0.3) is 40.7 Å². The second kappa shape index (κ2) is 38.5. The Kier molecular flexibility index (Phi) is 26.9. The highest BCUT2D eigenvalue weighted by Crippen LogP contribution is 2.41. The molecule has 4 saturated heterocycles. The van der Waals surface area contributed by atoms with Crippen LogP contribution in [0.3, 0.4) is 0 Å². The third-order valence-electron chi connectivity index (χ3n) is 25.9. The lowest BCUT2D eigenvalue weighted by Crippen LogP contribution is -2.39. The van der Waals surface area contributed by atoms with Crippen LogP contribution < -0.4 is 86.7 Å². The molecule has 12 atom stereocenters. The maximum absolute atomic E-state index is 13.1. The van der Waals surface area contributed by atoms with E-state index < -0.39 is 73.5 Å². The summed E-state index contributed by atoms with van der Waals surface area (Å²) < 4.78 is 106. The first-order valence-corrected chi connectivity index (χ1v) is 47.0. The van der Waals surface area contributed by atoms with Crippen molar-refractivity contribution in [2.24, 2.45) is 46.6 Å². The van der Waals surface area contributed by atoms with Crippen LogP contribution in [0.4, 0.5) is 81.7 Å². The van der Waals surface area contributed by atoms with Crippen molar-refractivity contribution in [3.05, 3.63) is 167 Å². The average Bonchev–Trinajstić information content (AvgIpc) is 1.64. The highest BCUT2D eigenvalue weighted by atomic mass is 32.1. The lowest BCUT2D eigenvalue weighted by Gasteiger charge is -2.26. The third kappa shape index (κ3) is 19.6. The molecule has 0 spiro atoms. The number of rotatable bonds is 16. The number of aryl methyl sites for hydroxylation is 8. The lowest BCUT2D eigenvalue weighted by atomic mass is 9.93. The minimum atomic E-state index is -2.46. The van der Waals surface area contributed by atoms with Gasteiger partial charge in [-0.3, -0.25) is 19.2 Å². The summed E-state index contributed by atoms with van der Waals surface area (Å²) in [6.45, 7) is 9.61. The first kappa shape index (κ1) is 92.2. The first-order chi connectivity index (χ1) is 63.2. The van der Waals surface area contributed by atoms with E-state index in [1.165, 1.54) is 45.3 Å². The van der Waals surface area contributed by atoms with E-state index in [-0.39, 0.29) is 74.0 Å². The van der Waals surface area contributed by atoms with Crippen molar-refractivity contribution in [1.82, 2.24) is 76.1 Å². The van der Waals surface area contributed by atoms with Crippen molar-refractivity contribution in [2.75, 3.05) is 94.9 Å². The summed E-state index contributed by atoms with van der Waals surface area (Å²) in [5.74, 6) is -2.49. The minimum absolute atomic E-state index is 0.0470. The van der Waals surface area contributed by atoms with Gasteiger partial charge < -0.3 is 86.7 Å². The molecule has 12 aromatic rings. The van der Waals surface area contributed by atoms with Gasteiger partial charge in [-0.2, -0.15) is 0 Å². The smallest absolute Gasteiger partial charge is 0.263 e. The summed E-state index contributed by atoms with van der Waals surface area (Å²) in [5.41, 5.74) is 61.4. The maximum atomic E-state index is 13.1. The number of thiophene rings is 4. The van der Waals surface area contributed by atoms with Gasteiger partial charge >= 0.3 is 0 Å². The second-order valence-electron chi connectivity index (χ2n) is 35.3. The van der Waals surface area contributed by atoms with Crippen molar-refractivity contribution >= 4 is 156 Å². The Morgan fingerprint density at radius 2 is 0.598 bits per heavy atom. The Hall–Kier alpha value is -11.6. The summed E-state index contributed by atoms with van der Waals surface area (Å²) >= 11 is 5.30. The minimum Gasteiger partial charge on any atom is -0.397 e. The molecule has 0 unspecified atom stereocenters. The molecule has 20 rings (SSSR count). The number of alkyl halides is 8. The largest absolute Gasteiger partial charge is 0.397 e. The molecule has 4 amide bonds. The number of nitrogen functional groups attached to an aromatic ring is 4. The molecule has 0 bridgehead atoms. The van der Waals surface area contributed by atoms with E-state index in [1.807, 2.05) is 82.3 Å². The highest BCUT2D eigenvalue weighted by Gasteiger charge is 2.43. The van der Waals surface area contributed by atoms with E-state index >= 15 is 0 Å². The molecule has 4 fully saturated rings. The van der Waals surface area contributed by atoms with Crippen LogP contribution in [0.5, 0.6) is 0 Å². The Bertz CT molecular complexity index is 5620. The number of amides is 4. The SMILES string of the molecule is Cc1ccc2c(N)c(C(=O)N[C@@H]3CCc4nc(N5C[C@@H](N)[C@H](C(F)F)C5)ncc4C3)sc2c1.Cc1ccc2c(N)c(C(=O)N[C@@H]3CCc4nc(N5C[C@H](C(F)F)[C@@H](N)C5)ncc4C3)sc2n1.Cc1ccc2c(N)c(C(=O)N[C@H]3CCc4nc(N5C[C@@H](N)[C@H](C(F)F)C5)ncc4C3)sc2n1.Cc1ccc2c(N)c(C(=O)N[C@H]3CCc4nc(N5C[C@H](C(F)F)[C@@H](N)C5)ncc4C3)sc2n1. The topological polar surface area (TPSA) is 479 Å². The van der Waals surface area contributed by atoms with Gasteiger partial charge in [0.25, 0.3) is 23.6 Å². The van der Waals surface area contributed by atoms with Crippen molar-refractivity contribution < 1.29 is 54.3 Å². The molecule has 11 aromatic heterocycles. The maximum Gasteiger partial charge on any atom is 0.263 e. The highest BCUT2D eigenvalue weighted by molar-refractivity contribution is 7.22. The second-order valence-corrected chi connectivity index (χ2v) is 39.3. The lowest BCUT2D eigenvalue weighted by molar-refractivity contribution is 0.0799. The summed E-state index contributed by atoms with van der Waals surface area (Å²) in [5, 5.41) is 15.6. The molecule has 20 N–H and O–H groups in total. The number of aromatic nitrogens is 11. The van der Waals surface area contributed by atoms with Crippen LogP contribution in [0.15, 0.2) is 79.4 Å². The number of hydrogen-bond donors (Lipinski definition) is 12. The molecule has 1 aromatic carbocycles. The molecule has 4 aliphatic carbocycles. The fourth-order valence-corrected chi connectivity index (χ4v) is 22.6. The Morgan fingerprint density at radius 3 is 0.856 bits per heavy atom. The van der Waals surface area contributed by atoms with Gasteiger partial charge in [0.1, 0.15) is 34.0 Å². The van der Waals surface area contributed by atoms with E-state index in [1.54, 1.807) is 44.4 Å². The number of nitrogens with zero attached hydrogens (tertiary/aromatic N) is 15. The number of benzene rings is 1.